The first-order valence-electron chi connectivity index (χ1n) is 7.43. The van der Waals surface area contributed by atoms with Crippen LogP contribution in [0.1, 0.15) is 26.0 Å². The van der Waals surface area contributed by atoms with Crippen LogP contribution in [0.4, 0.5) is 5.95 Å². The van der Waals surface area contributed by atoms with Gasteiger partial charge < -0.3 is 20.7 Å². The van der Waals surface area contributed by atoms with Crippen LogP contribution in [0, 0.1) is 0 Å². The number of carboxylic acids is 1. The highest BCUT2D eigenvalue weighted by molar-refractivity contribution is 8.00. The lowest BCUT2D eigenvalue weighted by atomic mass is 10.2. The van der Waals surface area contributed by atoms with Gasteiger partial charge in [-0.1, -0.05) is 18.3 Å². The van der Waals surface area contributed by atoms with Crippen LogP contribution in [0.5, 0.6) is 0 Å². The summed E-state index contributed by atoms with van der Waals surface area (Å²) < 4.78 is 7.00. The highest BCUT2D eigenvalue weighted by Gasteiger charge is 2.42. The number of H-pyrrole nitrogens is 1. The maximum Gasteiger partial charge on any atom is 0.311 e. The van der Waals surface area contributed by atoms with Crippen LogP contribution >= 0.6 is 23.1 Å². The first-order chi connectivity index (χ1) is 11.8. The van der Waals surface area contributed by atoms with E-state index in [1.54, 1.807) is 6.92 Å². The number of hydrogen-bond acceptors (Lipinski definition) is 9. The number of thiazole rings is 1. The molecule has 1 aliphatic rings. The van der Waals surface area contributed by atoms with Crippen LogP contribution in [0.3, 0.4) is 0 Å². The molecule has 1 aliphatic heterocycles. The Kier molecular flexibility index (Phi) is 4.86. The van der Waals surface area contributed by atoms with Gasteiger partial charge in [0.15, 0.2) is 11.9 Å². The fourth-order valence-electron chi connectivity index (χ4n) is 2.59. The molecule has 0 bridgehead atoms. The molecular weight excluding hydrogens is 372 g/mol. The molecule has 0 spiro atoms. The van der Waals surface area contributed by atoms with Crippen molar-refractivity contribution >= 4 is 45.4 Å². The number of hydrogen-bond donors (Lipinski definition) is 4. The monoisotopic (exact) mass is 388 g/mol. The Morgan fingerprint density at radius 2 is 2.24 bits per heavy atom. The minimum absolute atomic E-state index is 0.0453. The zero-order valence-electron chi connectivity index (χ0n) is 13.0. The Morgan fingerprint density at radius 3 is 2.88 bits per heavy atom. The number of aromatic nitrogens is 3. The van der Waals surface area contributed by atoms with Crippen LogP contribution in [0.25, 0.3) is 10.3 Å². The highest BCUT2D eigenvalue weighted by atomic mass is 32.2. The average molecular weight is 388 g/mol. The van der Waals surface area contributed by atoms with Gasteiger partial charge in [0.25, 0.3) is 5.56 Å². The van der Waals surface area contributed by atoms with Crippen LogP contribution < -0.4 is 16.2 Å². The van der Waals surface area contributed by atoms with Crippen molar-refractivity contribution in [1.29, 1.82) is 0 Å². The SMILES string of the molecule is CC[C@H](O)[C@@H]1O[C@@H](n2c(=O)sc3c(=O)[nH]c(N)nc32)[C@H](CC(=O)O)S1. The van der Waals surface area contributed by atoms with Gasteiger partial charge in [0.2, 0.25) is 5.95 Å². The number of nitrogens with one attached hydrogen (secondary N) is 1. The van der Waals surface area contributed by atoms with Gasteiger partial charge in [-0.05, 0) is 6.42 Å². The van der Waals surface area contributed by atoms with Gasteiger partial charge in [-0.15, -0.1) is 11.8 Å². The first-order valence-corrected chi connectivity index (χ1v) is 9.19. The van der Waals surface area contributed by atoms with Gasteiger partial charge in [-0.25, -0.2) is 0 Å². The van der Waals surface area contributed by atoms with E-state index in [0.717, 1.165) is 16.3 Å². The third kappa shape index (κ3) is 3.29. The number of ether oxygens (including phenoxy) is 1. The number of anilines is 1. The Labute approximate surface area is 148 Å². The molecule has 1 saturated heterocycles. The number of carboxylic acid groups (broad SMARTS) is 1. The van der Waals surface area contributed by atoms with E-state index in [1.807, 2.05) is 0 Å². The van der Waals surface area contributed by atoms with Gasteiger partial charge >= 0.3 is 10.8 Å². The second-order valence-electron chi connectivity index (χ2n) is 5.48. The summed E-state index contributed by atoms with van der Waals surface area (Å²) in [6.07, 6.45) is -1.64. The van der Waals surface area contributed by atoms with E-state index in [-0.39, 0.29) is 22.7 Å². The quantitative estimate of drug-likeness (QED) is 0.549. The number of fused-ring (bicyclic) bond motifs is 1. The van der Waals surface area contributed by atoms with Crippen molar-refractivity contribution in [3.8, 4) is 0 Å². The molecule has 25 heavy (non-hydrogen) atoms. The lowest BCUT2D eigenvalue weighted by Crippen LogP contribution is -2.29. The van der Waals surface area contributed by atoms with E-state index in [1.165, 1.54) is 0 Å². The lowest BCUT2D eigenvalue weighted by molar-refractivity contribution is -0.138. The molecule has 0 aliphatic carbocycles. The van der Waals surface area contributed by atoms with Crippen molar-refractivity contribution < 1.29 is 19.7 Å². The molecule has 10 nitrogen and oxygen atoms in total. The fourth-order valence-corrected chi connectivity index (χ4v) is 4.89. The van der Waals surface area contributed by atoms with Crippen molar-refractivity contribution in [2.45, 2.75) is 42.8 Å². The molecule has 2 aromatic heterocycles. The van der Waals surface area contributed by atoms with E-state index < -0.39 is 39.4 Å². The number of nitrogens with two attached hydrogens (primary N) is 1. The molecule has 0 saturated carbocycles. The Hall–Kier alpha value is -1.89. The third-order valence-electron chi connectivity index (χ3n) is 3.75. The number of nitrogen functional groups attached to an aromatic ring is 1. The average Bonchev–Trinajstić information content (AvgIpc) is 3.06. The molecule has 12 heteroatoms. The maximum atomic E-state index is 12.4. The van der Waals surface area contributed by atoms with Crippen molar-refractivity contribution in [2.75, 3.05) is 5.73 Å². The van der Waals surface area contributed by atoms with Crippen LogP contribution in [-0.2, 0) is 9.53 Å². The van der Waals surface area contributed by atoms with E-state index in [4.69, 9.17) is 15.6 Å². The number of aliphatic carboxylic acids is 1. The fraction of sp³-hybridized carbons (Fsp3) is 0.538. The highest BCUT2D eigenvalue weighted by Crippen LogP contribution is 2.43. The summed E-state index contributed by atoms with van der Waals surface area (Å²) in [5.41, 5.74) is 4.37. The Balaban J connectivity index is 2.10. The molecule has 0 unspecified atom stereocenters. The summed E-state index contributed by atoms with van der Waals surface area (Å²) in [6.45, 7) is 1.77. The van der Waals surface area contributed by atoms with Gasteiger partial charge in [0.05, 0.1) is 17.8 Å². The predicted molar refractivity (Wildman–Crippen MR) is 92.8 cm³/mol. The summed E-state index contributed by atoms with van der Waals surface area (Å²) >= 11 is 1.83. The van der Waals surface area contributed by atoms with Gasteiger partial charge in [0.1, 0.15) is 10.1 Å². The van der Waals surface area contributed by atoms with E-state index >= 15 is 0 Å². The largest absolute Gasteiger partial charge is 0.481 e. The van der Waals surface area contributed by atoms with Crippen molar-refractivity contribution in [1.82, 2.24) is 14.5 Å². The molecule has 1 fully saturated rings. The molecule has 0 radical (unpaired) electrons. The number of nitrogens with zero attached hydrogens (tertiary/aromatic N) is 2. The number of carbonyl (C=O) groups is 1. The molecule has 5 N–H and O–H groups in total. The Bertz CT molecular complexity index is 921. The van der Waals surface area contributed by atoms with E-state index in [0.29, 0.717) is 17.8 Å². The minimum Gasteiger partial charge on any atom is -0.481 e. The van der Waals surface area contributed by atoms with E-state index in [9.17, 15) is 19.5 Å². The smallest absolute Gasteiger partial charge is 0.311 e. The normalized spacial score (nSPS) is 24.6. The summed E-state index contributed by atoms with van der Waals surface area (Å²) in [7, 11) is 0. The predicted octanol–water partition coefficient (Wildman–Crippen LogP) is -0.0692. The lowest BCUT2D eigenvalue weighted by Gasteiger charge is -2.18. The molecular formula is C13H16N4O6S2. The van der Waals surface area contributed by atoms with Crippen molar-refractivity contribution in [3.05, 3.63) is 20.0 Å². The number of rotatable bonds is 5. The topological polar surface area (TPSA) is 161 Å². The first kappa shape index (κ1) is 17.9. The van der Waals surface area contributed by atoms with Crippen molar-refractivity contribution in [2.24, 2.45) is 0 Å². The third-order valence-corrected chi connectivity index (χ3v) is 6.14. The summed E-state index contributed by atoms with van der Waals surface area (Å²) in [4.78, 5) is 41.3. The number of aliphatic hydroxyl groups excluding tert-OH is 1. The molecule has 0 amide bonds. The van der Waals surface area contributed by atoms with Gasteiger partial charge in [-0.3, -0.25) is 23.9 Å². The molecule has 136 valence electrons. The molecule has 2 aromatic rings. The zero-order chi connectivity index (χ0) is 18.3. The Morgan fingerprint density at radius 1 is 1.52 bits per heavy atom. The maximum absolute atomic E-state index is 12.4. The number of aliphatic hydroxyl groups is 1. The molecule has 0 aromatic carbocycles. The van der Waals surface area contributed by atoms with Gasteiger partial charge in [-0.2, -0.15) is 4.98 Å². The number of thioether (sulfide) groups is 1. The van der Waals surface area contributed by atoms with E-state index in [2.05, 4.69) is 9.97 Å². The summed E-state index contributed by atoms with van der Waals surface area (Å²) in [5.74, 6) is -1.22. The second-order valence-corrected chi connectivity index (χ2v) is 7.79. The van der Waals surface area contributed by atoms with Crippen LogP contribution in [0.2, 0.25) is 0 Å². The van der Waals surface area contributed by atoms with Crippen LogP contribution in [0.15, 0.2) is 9.59 Å². The summed E-state index contributed by atoms with van der Waals surface area (Å²) in [6, 6.07) is 0. The molecule has 4 atom stereocenters. The van der Waals surface area contributed by atoms with Gasteiger partial charge in [0, 0.05) is 0 Å². The summed E-state index contributed by atoms with van der Waals surface area (Å²) in [5, 5.41) is 18.5. The minimum atomic E-state index is -1.06. The van der Waals surface area contributed by atoms with Crippen molar-refractivity contribution in [3.63, 3.8) is 0 Å². The second kappa shape index (κ2) is 6.78. The van der Waals surface area contributed by atoms with Crippen LogP contribution in [-0.4, -0.2) is 47.5 Å². The molecule has 3 rings (SSSR count). The number of aromatic amines is 1. The molecule has 3 heterocycles. The standard InChI is InChI=1S/C13H16N4O6S2/c1-2-4(18)11-23-10(5(24-11)3-6(19)20)17-8-7(25-13(17)22)9(21)16-12(14)15-8/h4-5,10-11,18H,2-3H2,1H3,(H,19,20)(H3,14,15,16,21)/t4-,5-,10+,11+/m0/s1. The zero-order valence-corrected chi connectivity index (χ0v) is 14.7.